The van der Waals surface area contributed by atoms with Crippen LogP contribution in [0.25, 0.3) is 10.9 Å². The molecule has 120 valence electrons. The van der Waals surface area contributed by atoms with Crippen LogP contribution in [0.3, 0.4) is 0 Å². The number of aromatic nitrogens is 2. The van der Waals surface area contributed by atoms with Crippen LogP contribution in [-0.2, 0) is 10.3 Å². The number of halogens is 1. The summed E-state index contributed by atoms with van der Waals surface area (Å²) < 4.78 is 19.2. The number of nitrogens with zero attached hydrogens (tertiary/aromatic N) is 2. The summed E-state index contributed by atoms with van der Waals surface area (Å²) in [6, 6.07) is 4.81. The molecule has 0 amide bonds. The van der Waals surface area contributed by atoms with E-state index in [2.05, 4.69) is 20.9 Å². The number of hydrogen-bond acceptors (Lipinski definition) is 6. The van der Waals surface area contributed by atoms with Gasteiger partial charge in [-0.25, -0.2) is 9.82 Å². The van der Waals surface area contributed by atoms with E-state index in [1.54, 1.807) is 12.1 Å². The number of benzene rings is 1. The van der Waals surface area contributed by atoms with E-state index < -0.39 is 11.8 Å². The van der Waals surface area contributed by atoms with Gasteiger partial charge in [-0.05, 0) is 19.9 Å². The van der Waals surface area contributed by atoms with Crippen molar-refractivity contribution in [3.05, 3.63) is 29.7 Å². The first-order valence-corrected chi connectivity index (χ1v) is 7.20. The van der Waals surface area contributed by atoms with Crippen molar-refractivity contribution in [2.45, 2.75) is 25.6 Å². The Morgan fingerprint density at radius 3 is 3.05 bits per heavy atom. The largest absolute Gasteiger partial charge is 0.357 e. The van der Waals surface area contributed by atoms with Crippen molar-refractivity contribution in [3.8, 4) is 0 Å². The summed E-state index contributed by atoms with van der Waals surface area (Å²) >= 11 is 0. The molecule has 1 atom stereocenters. The Hall–Kier alpha value is -1.58. The molecule has 4 N–H and O–H groups in total. The van der Waals surface area contributed by atoms with Gasteiger partial charge in [0.2, 0.25) is 0 Å². The van der Waals surface area contributed by atoms with Gasteiger partial charge in [0.15, 0.2) is 6.23 Å². The summed E-state index contributed by atoms with van der Waals surface area (Å²) in [5.74, 6) is -0.354. The zero-order valence-electron chi connectivity index (χ0n) is 12.6. The molecular formula is C14H20FN5O2. The van der Waals surface area contributed by atoms with Crippen molar-refractivity contribution in [1.82, 2.24) is 26.1 Å². The van der Waals surface area contributed by atoms with E-state index in [-0.39, 0.29) is 5.82 Å². The summed E-state index contributed by atoms with van der Waals surface area (Å²) in [6.07, 6.45) is -0.491. The monoisotopic (exact) mass is 309 g/mol. The van der Waals surface area contributed by atoms with Crippen molar-refractivity contribution in [3.63, 3.8) is 0 Å². The zero-order chi connectivity index (χ0) is 15.7. The number of hydrazine groups is 1. The maximum Gasteiger partial charge on any atom is 0.160 e. The quantitative estimate of drug-likeness (QED) is 0.633. The van der Waals surface area contributed by atoms with Crippen LogP contribution >= 0.6 is 0 Å². The number of para-hydroxylation sites is 1. The van der Waals surface area contributed by atoms with Crippen molar-refractivity contribution < 1.29 is 14.3 Å². The van der Waals surface area contributed by atoms with E-state index in [9.17, 15) is 9.60 Å². The first-order chi connectivity index (χ1) is 10.5. The highest BCUT2D eigenvalue weighted by Crippen LogP contribution is 2.27. The molecule has 7 nitrogen and oxygen atoms in total. The number of ether oxygens (including phenoxy) is 1. The topological polar surface area (TPSA) is 85.4 Å². The number of aromatic amines is 1. The Bertz CT molecular complexity index is 654. The number of hydrogen-bond donors (Lipinski definition) is 4. The van der Waals surface area contributed by atoms with E-state index in [1.165, 1.54) is 6.07 Å². The maximum atomic E-state index is 13.8. The van der Waals surface area contributed by atoms with Gasteiger partial charge in [-0.15, -0.1) is 0 Å². The molecule has 1 aliphatic heterocycles. The highest BCUT2D eigenvalue weighted by atomic mass is 19.1. The SMILES string of the molecule is CC(C)(NN(O)[C@@H]1CNCCO1)c1n[nH]c2c(F)cccc12. The average molecular weight is 309 g/mol. The fourth-order valence-electron chi connectivity index (χ4n) is 2.60. The summed E-state index contributed by atoms with van der Waals surface area (Å²) in [6.45, 7) is 5.51. The molecular weight excluding hydrogens is 289 g/mol. The smallest absolute Gasteiger partial charge is 0.160 e. The zero-order valence-corrected chi connectivity index (χ0v) is 12.6. The molecule has 22 heavy (non-hydrogen) atoms. The maximum absolute atomic E-state index is 13.8. The number of morpholine rings is 1. The molecule has 0 saturated carbocycles. The summed E-state index contributed by atoms with van der Waals surface area (Å²) in [7, 11) is 0. The van der Waals surface area contributed by atoms with Gasteiger partial charge in [-0.2, -0.15) is 5.10 Å². The minimum atomic E-state index is -0.721. The van der Waals surface area contributed by atoms with Gasteiger partial charge in [-0.1, -0.05) is 17.3 Å². The lowest BCUT2D eigenvalue weighted by atomic mass is 9.98. The lowest BCUT2D eigenvalue weighted by Crippen LogP contribution is -2.57. The van der Waals surface area contributed by atoms with Crippen LogP contribution in [0.15, 0.2) is 18.2 Å². The minimum Gasteiger partial charge on any atom is -0.357 e. The molecule has 2 heterocycles. The number of nitrogens with one attached hydrogen (secondary N) is 3. The molecule has 1 aliphatic rings. The highest BCUT2D eigenvalue weighted by Gasteiger charge is 2.31. The normalized spacial score (nSPS) is 20.0. The first kappa shape index (κ1) is 15.3. The molecule has 0 bridgehead atoms. The molecule has 3 rings (SSSR count). The molecule has 1 aromatic heterocycles. The average Bonchev–Trinajstić information content (AvgIpc) is 2.94. The Morgan fingerprint density at radius 1 is 1.50 bits per heavy atom. The van der Waals surface area contributed by atoms with Gasteiger partial charge in [0.05, 0.1) is 17.8 Å². The van der Waals surface area contributed by atoms with Gasteiger partial charge in [0.25, 0.3) is 0 Å². The lowest BCUT2D eigenvalue weighted by molar-refractivity contribution is -0.265. The molecule has 0 radical (unpaired) electrons. The first-order valence-electron chi connectivity index (χ1n) is 7.20. The summed E-state index contributed by atoms with van der Waals surface area (Å²) in [5.41, 5.74) is 3.21. The molecule has 1 aromatic carbocycles. The standard InChI is InChI=1S/C14H20FN5O2/c1-14(2,19-20(21)11-8-16-6-7-22-11)13-9-4-3-5-10(15)12(9)17-18-13/h3-5,11,16,19,21H,6-8H2,1-2H3,(H,17,18)/t11-/m0/s1. The molecule has 2 aromatic rings. The van der Waals surface area contributed by atoms with E-state index in [0.29, 0.717) is 29.7 Å². The molecule has 1 saturated heterocycles. The third-order valence-electron chi connectivity index (χ3n) is 3.72. The van der Waals surface area contributed by atoms with Crippen LogP contribution in [0, 0.1) is 5.82 Å². The third kappa shape index (κ3) is 2.83. The Morgan fingerprint density at radius 2 is 2.32 bits per heavy atom. The fourth-order valence-corrected chi connectivity index (χ4v) is 2.60. The fraction of sp³-hybridized carbons (Fsp3) is 0.500. The summed E-state index contributed by atoms with van der Waals surface area (Å²) in [4.78, 5) is 0. The minimum absolute atomic E-state index is 0.354. The number of fused-ring (bicyclic) bond motifs is 1. The lowest BCUT2D eigenvalue weighted by Gasteiger charge is -2.35. The molecule has 1 fully saturated rings. The Labute approximate surface area is 127 Å². The molecule has 0 unspecified atom stereocenters. The Balaban J connectivity index is 1.83. The summed E-state index contributed by atoms with van der Waals surface area (Å²) in [5, 5.41) is 21.8. The molecule has 0 spiro atoms. The van der Waals surface area contributed by atoms with Crippen molar-refractivity contribution in [2.24, 2.45) is 0 Å². The van der Waals surface area contributed by atoms with Crippen LogP contribution < -0.4 is 10.7 Å². The van der Waals surface area contributed by atoms with E-state index >= 15 is 0 Å². The second-order valence-electron chi connectivity index (χ2n) is 5.85. The number of rotatable bonds is 4. The molecule has 0 aliphatic carbocycles. The predicted molar refractivity (Wildman–Crippen MR) is 78.4 cm³/mol. The van der Waals surface area contributed by atoms with Crippen molar-refractivity contribution >= 4 is 10.9 Å². The van der Waals surface area contributed by atoms with Gasteiger partial charge < -0.3 is 10.1 Å². The van der Waals surface area contributed by atoms with E-state index in [0.717, 1.165) is 11.7 Å². The van der Waals surface area contributed by atoms with Crippen molar-refractivity contribution in [1.29, 1.82) is 0 Å². The second-order valence-corrected chi connectivity index (χ2v) is 5.85. The predicted octanol–water partition coefficient (Wildman–Crippen LogP) is 1.08. The third-order valence-corrected chi connectivity index (χ3v) is 3.72. The molecule has 8 heteroatoms. The van der Waals surface area contributed by atoms with Gasteiger partial charge in [-0.3, -0.25) is 10.3 Å². The number of H-pyrrole nitrogens is 1. The van der Waals surface area contributed by atoms with Crippen LogP contribution in [0.5, 0.6) is 0 Å². The van der Waals surface area contributed by atoms with Crippen LogP contribution in [-0.4, -0.2) is 46.5 Å². The second kappa shape index (κ2) is 5.90. The number of hydroxylamine groups is 1. The highest BCUT2D eigenvalue weighted by molar-refractivity contribution is 5.82. The van der Waals surface area contributed by atoms with E-state index in [1.807, 2.05) is 13.8 Å². The van der Waals surface area contributed by atoms with Crippen molar-refractivity contribution in [2.75, 3.05) is 19.7 Å². The van der Waals surface area contributed by atoms with Gasteiger partial charge in [0, 0.05) is 18.5 Å². The van der Waals surface area contributed by atoms with Crippen LogP contribution in [0.4, 0.5) is 4.39 Å². The van der Waals surface area contributed by atoms with Crippen LogP contribution in [0.2, 0.25) is 0 Å². The van der Waals surface area contributed by atoms with E-state index in [4.69, 9.17) is 4.74 Å². The van der Waals surface area contributed by atoms with Gasteiger partial charge in [0.1, 0.15) is 11.3 Å². The van der Waals surface area contributed by atoms with Gasteiger partial charge >= 0.3 is 0 Å². The Kier molecular flexibility index (Phi) is 4.11. The van der Waals surface area contributed by atoms with Crippen LogP contribution in [0.1, 0.15) is 19.5 Å².